The number of aliphatic hydroxyl groups is 1. The van der Waals surface area contributed by atoms with Crippen molar-refractivity contribution >= 4 is 12.1 Å². The van der Waals surface area contributed by atoms with Gasteiger partial charge in [-0.1, -0.05) is 29.8 Å². The molecule has 0 spiro atoms. The number of piperazine rings is 1. The largest absolute Gasteiger partial charge is 0.444 e. The lowest BCUT2D eigenvalue weighted by molar-refractivity contribution is 0.0186. The van der Waals surface area contributed by atoms with Crippen molar-refractivity contribution in [3.8, 4) is 0 Å². The Hall–Kier alpha value is -2.28. The number of nitrogens with two attached hydrogens (primary N) is 1. The molecule has 0 saturated carbocycles. The van der Waals surface area contributed by atoms with Crippen LogP contribution in [0.25, 0.3) is 0 Å². The number of ether oxygens (including phenoxy) is 1. The van der Waals surface area contributed by atoms with Crippen molar-refractivity contribution in [2.45, 2.75) is 39.4 Å². The predicted octanol–water partition coefficient (Wildman–Crippen LogP) is 1.90. The van der Waals surface area contributed by atoms with Crippen LogP contribution in [0.3, 0.4) is 0 Å². The second-order valence-electron chi connectivity index (χ2n) is 7.58. The molecule has 26 heavy (non-hydrogen) atoms. The van der Waals surface area contributed by atoms with Crippen LogP contribution in [-0.2, 0) is 4.74 Å². The molecule has 3 N–H and O–H groups in total. The van der Waals surface area contributed by atoms with E-state index < -0.39 is 11.7 Å². The maximum Gasteiger partial charge on any atom is 0.410 e. The molecule has 1 aromatic rings. The number of aliphatic hydroxyl groups excluding tert-OH is 1. The highest BCUT2D eigenvalue weighted by Crippen LogP contribution is 2.15. The normalized spacial score (nSPS) is 17.2. The highest BCUT2D eigenvalue weighted by Gasteiger charge is 2.26. The summed E-state index contributed by atoms with van der Waals surface area (Å²) < 4.78 is 5.38. The molecule has 0 radical (unpaired) electrons. The minimum atomic E-state index is -0.683. The first-order valence-electron chi connectivity index (χ1n) is 8.93. The van der Waals surface area contributed by atoms with Gasteiger partial charge in [-0.25, -0.2) is 4.79 Å². The Morgan fingerprint density at radius 2 is 1.73 bits per heavy atom. The van der Waals surface area contributed by atoms with Gasteiger partial charge in [-0.3, -0.25) is 4.99 Å². The van der Waals surface area contributed by atoms with E-state index in [0.29, 0.717) is 32.1 Å². The van der Waals surface area contributed by atoms with Crippen LogP contribution in [0.2, 0.25) is 0 Å². The lowest BCUT2D eigenvalue weighted by Crippen LogP contribution is -2.53. The van der Waals surface area contributed by atoms with E-state index in [1.165, 1.54) is 0 Å². The van der Waals surface area contributed by atoms with Gasteiger partial charge in [0.05, 0.1) is 12.6 Å². The van der Waals surface area contributed by atoms with Gasteiger partial charge in [0.25, 0.3) is 0 Å². The number of aliphatic imine (C=N–C) groups is 1. The van der Waals surface area contributed by atoms with Gasteiger partial charge in [0.1, 0.15) is 5.60 Å². The summed E-state index contributed by atoms with van der Waals surface area (Å²) in [6, 6.07) is 7.71. The van der Waals surface area contributed by atoms with E-state index in [1.54, 1.807) is 4.90 Å². The van der Waals surface area contributed by atoms with Crippen molar-refractivity contribution in [1.82, 2.24) is 9.80 Å². The summed E-state index contributed by atoms with van der Waals surface area (Å²) in [6.07, 6.45) is -0.986. The molecule has 1 atom stereocenters. The van der Waals surface area contributed by atoms with Gasteiger partial charge < -0.3 is 25.4 Å². The van der Waals surface area contributed by atoms with Gasteiger partial charge in [-0.05, 0) is 33.3 Å². The lowest BCUT2D eigenvalue weighted by Gasteiger charge is -2.36. The molecule has 7 nitrogen and oxygen atoms in total. The van der Waals surface area contributed by atoms with Crippen molar-refractivity contribution in [2.75, 3.05) is 32.7 Å². The first-order chi connectivity index (χ1) is 12.2. The molecule has 1 aromatic carbocycles. The third-order valence-electron chi connectivity index (χ3n) is 4.14. The zero-order valence-corrected chi connectivity index (χ0v) is 16.1. The van der Waals surface area contributed by atoms with Gasteiger partial charge in [-0.15, -0.1) is 0 Å². The number of hydrogen-bond acceptors (Lipinski definition) is 4. The van der Waals surface area contributed by atoms with Gasteiger partial charge in [0, 0.05) is 26.2 Å². The first-order valence-corrected chi connectivity index (χ1v) is 8.93. The Morgan fingerprint density at radius 3 is 2.27 bits per heavy atom. The third kappa shape index (κ3) is 5.91. The van der Waals surface area contributed by atoms with E-state index in [9.17, 15) is 9.90 Å². The molecule has 1 fully saturated rings. The van der Waals surface area contributed by atoms with Crippen molar-refractivity contribution in [2.24, 2.45) is 10.7 Å². The molecule has 144 valence electrons. The first kappa shape index (κ1) is 20.0. The molecule has 0 aliphatic carbocycles. The van der Waals surface area contributed by atoms with E-state index in [4.69, 9.17) is 10.5 Å². The standard InChI is InChI=1S/C19H30N4O3/c1-14-5-7-15(8-6-14)16(24)13-21-17(20)22-9-11-23(12-10-22)18(25)26-19(2,3)4/h5-8,16,24H,9-13H2,1-4H3,(H2,20,21). The lowest BCUT2D eigenvalue weighted by atomic mass is 10.1. The molecule has 1 aliphatic rings. The quantitative estimate of drug-likeness (QED) is 0.633. The molecular formula is C19H30N4O3. The smallest absolute Gasteiger partial charge is 0.410 e. The fourth-order valence-corrected chi connectivity index (χ4v) is 2.62. The Kier molecular flexibility index (Phi) is 6.47. The number of benzene rings is 1. The van der Waals surface area contributed by atoms with Crippen LogP contribution >= 0.6 is 0 Å². The second kappa shape index (κ2) is 8.40. The molecule has 1 heterocycles. The van der Waals surface area contributed by atoms with Crippen molar-refractivity contribution < 1.29 is 14.6 Å². The predicted molar refractivity (Wildman–Crippen MR) is 102 cm³/mol. The molecule has 0 aromatic heterocycles. The summed E-state index contributed by atoms with van der Waals surface area (Å²) in [7, 11) is 0. The molecule has 0 bridgehead atoms. The average Bonchev–Trinajstić information content (AvgIpc) is 2.58. The molecular weight excluding hydrogens is 332 g/mol. The molecule has 1 amide bonds. The Morgan fingerprint density at radius 1 is 1.19 bits per heavy atom. The molecule has 1 unspecified atom stereocenters. The van der Waals surface area contributed by atoms with E-state index in [1.807, 2.05) is 56.9 Å². The molecule has 2 rings (SSSR count). The van der Waals surface area contributed by atoms with Crippen LogP contribution in [-0.4, -0.2) is 65.3 Å². The van der Waals surface area contributed by atoms with E-state index in [-0.39, 0.29) is 12.6 Å². The number of nitrogens with zero attached hydrogens (tertiary/aromatic N) is 3. The Balaban J connectivity index is 1.83. The van der Waals surface area contributed by atoms with Crippen molar-refractivity contribution in [3.63, 3.8) is 0 Å². The van der Waals surface area contributed by atoms with Gasteiger partial charge in [0.2, 0.25) is 0 Å². The number of guanidine groups is 1. The molecule has 1 saturated heterocycles. The third-order valence-corrected chi connectivity index (χ3v) is 4.14. The van der Waals surface area contributed by atoms with Crippen LogP contribution in [0.5, 0.6) is 0 Å². The zero-order valence-electron chi connectivity index (χ0n) is 16.1. The van der Waals surface area contributed by atoms with Crippen LogP contribution < -0.4 is 5.73 Å². The highest BCUT2D eigenvalue weighted by molar-refractivity contribution is 5.78. The SMILES string of the molecule is Cc1ccc(C(O)CN=C(N)N2CCN(C(=O)OC(C)(C)C)CC2)cc1. The van der Waals surface area contributed by atoms with Crippen molar-refractivity contribution in [3.05, 3.63) is 35.4 Å². The number of carbonyl (C=O) groups is 1. The Labute approximate surface area is 155 Å². The van der Waals surface area contributed by atoms with E-state index >= 15 is 0 Å². The van der Waals surface area contributed by atoms with Crippen LogP contribution in [0.4, 0.5) is 4.79 Å². The number of carbonyl (C=O) groups excluding carboxylic acids is 1. The fraction of sp³-hybridized carbons (Fsp3) is 0.579. The minimum Gasteiger partial charge on any atom is -0.444 e. The maximum absolute atomic E-state index is 12.1. The fourth-order valence-electron chi connectivity index (χ4n) is 2.62. The van der Waals surface area contributed by atoms with Crippen LogP contribution in [0.15, 0.2) is 29.3 Å². The Bertz CT molecular complexity index is 629. The van der Waals surface area contributed by atoms with E-state index in [0.717, 1.165) is 11.1 Å². The summed E-state index contributed by atoms with van der Waals surface area (Å²) >= 11 is 0. The van der Waals surface area contributed by atoms with Crippen LogP contribution in [0.1, 0.15) is 38.0 Å². The minimum absolute atomic E-state index is 0.209. The van der Waals surface area contributed by atoms with Crippen LogP contribution in [0, 0.1) is 6.92 Å². The summed E-state index contributed by atoms with van der Waals surface area (Å²) in [5.74, 6) is 0.389. The summed E-state index contributed by atoms with van der Waals surface area (Å²) in [5, 5.41) is 10.2. The monoisotopic (exact) mass is 362 g/mol. The van der Waals surface area contributed by atoms with Gasteiger partial charge >= 0.3 is 6.09 Å². The topological polar surface area (TPSA) is 91.4 Å². The maximum atomic E-state index is 12.1. The summed E-state index contributed by atoms with van der Waals surface area (Å²) in [4.78, 5) is 20.0. The average molecular weight is 362 g/mol. The summed E-state index contributed by atoms with van der Waals surface area (Å²) in [5.41, 5.74) is 7.52. The number of rotatable bonds is 3. The van der Waals surface area contributed by atoms with E-state index in [2.05, 4.69) is 4.99 Å². The second-order valence-corrected chi connectivity index (χ2v) is 7.58. The van der Waals surface area contributed by atoms with Gasteiger partial charge in [-0.2, -0.15) is 0 Å². The van der Waals surface area contributed by atoms with Crippen molar-refractivity contribution in [1.29, 1.82) is 0 Å². The number of amides is 1. The number of aryl methyl sites for hydroxylation is 1. The highest BCUT2D eigenvalue weighted by atomic mass is 16.6. The molecule has 1 aliphatic heterocycles. The van der Waals surface area contributed by atoms with Gasteiger partial charge in [0.15, 0.2) is 5.96 Å². The zero-order chi connectivity index (χ0) is 19.3. The molecule has 7 heteroatoms. The number of hydrogen-bond donors (Lipinski definition) is 2. The summed E-state index contributed by atoms with van der Waals surface area (Å²) in [6.45, 7) is 10.0.